The Labute approximate surface area is 169 Å². The van der Waals surface area contributed by atoms with Crippen LogP contribution in [0.5, 0.6) is 5.88 Å². The van der Waals surface area contributed by atoms with Crippen LogP contribution < -0.4 is 4.74 Å². The average Bonchev–Trinajstić information content (AvgIpc) is 2.93. The van der Waals surface area contributed by atoms with Gasteiger partial charge in [0.25, 0.3) is 0 Å². The van der Waals surface area contributed by atoms with Crippen molar-refractivity contribution in [3.05, 3.63) is 58.2 Å². The normalized spacial score (nSPS) is 24.1. The zero-order valence-electron chi connectivity index (χ0n) is 15.0. The molecular formula is C21H22Cl2N2O2. The maximum atomic E-state index is 12.9. The molecule has 3 heterocycles. The fraction of sp³-hybridized carbons (Fsp3) is 0.429. The summed E-state index contributed by atoms with van der Waals surface area (Å²) < 4.78 is 6.04. The van der Waals surface area contributed by atoms with Gasteiger partial charge in [-0.15, -0.1) is 0 Å². The predicted molar refractivity (Wildman–Crippen MR) is 106 cm³/mol. The largest absolute Gasteiger partial charge is 0.474 e. The molecule has 0 N–H and O–H groups in total. The molecule has 27 heavy (non-hydrogen) atoms. The number of fused-ring (bicyclic) bond motifs is 2. The van der Waals surface area contributed by atoms with E-state index >= 15 is 0 Å². The van der Waals surface area contributed by atoms with Crippen LogP contribution in [-0.2, 0) is 11.2 Å². The van der Waals surface area contributed by atoms with E-state index in [0.29, 0.717) is 28.8 Å². The SMILES string of the molecule is O=C(CCc1c(Cl)cccc1Cl)N1C2CCC1CC(Oc1ccccn1)C2. The lowest BCUT2D eigenvalue weighted by molar-refractivity contribution is -0.137. The highest BCUT2D eigenvalue weighted by molar-refractivity contribution is 6.36. The van der Waals surface area contributed by atoms with Crippen LogP contribution >= 0.6 is 23.2 Å². The van der Waals surface area contributed by atoms with E-state index in [1.807, 2.05) is 36.4 Å². The van der Waals surface area contributed by atoms with Gasteiger partial charge in [0.05, 0.1) is 0 Å². The van der Waals surface area contributed by atoms with Crippen LogP contribution in [0.15, 0.2) is 42.6 Å². The third kappa shape index (κ3) is 4.07. The van der Waals surface area contributed by atoms with Crippen molar-refractivity contribution >= 4 is 29.1 Å². The van der Waals surface area contributed by atoms with Crippen LogP contribution in [0.1, 0.15) is 37.7 Å². The van der Waals surface area contributed by atoms with Crippen LogP contribution in [0.25, 0.3) is 0 Å². The van der Waals surface area contributed by atoms with Gasteiger partial charge in [-0.25, -0.2) is 4.98 Å². The van der Waals surface area contributed by atoms with Gasteiger partial charge in [-0.3, -0.25) is 4.79 Å². The van der Waals surface area contributed by atoms with Gasteiger partial charge in [0.2, 0.25) is 11.8 Å². The van der Waals surface area contributed by atoms with Gasteiger partial charge in [-0.2, -0.15) is 0 Å². The molecule has 1 aromatic heterocycles. The van der Waals surface area contributed by atoms with Crippen molar-refractivity contribution in [2.45, 2.75) is 56.7 Å². The summed E-state index contributed by atoms with van der Waals surface area (Å²) in [6.07, 6.45) is 6.69. The number of amides is 1. The van der Waals surface area contributed by atoms with Gasteiger partial charge in [0.1, 0.15) is 6.10 Å². The van der Waals surface area contributed by atoms with E-state index in [9.17, 15) is 4.79 Å². The Hall–Kier alpha value is -1.78. The first-order chi connectivity index (χ1) is 13.1. The predicted octanol–water partition coefficient (Wildman–Crippen LogP) is 4.92. The van der Waals surface area contributed by atoms with Crippen molar-refractivity contribution in [2.24, 2.45) is 0 Å². The second-order valence-electron chi connectivity index (χ2n) is 7.27. The Morgan fingerprint density at radius 2 is 1.78 bits per heavy atom. The Morgan fingerprint density at radius 1 is 1.07 bits per heavy atom. The number of carbonyl (C=O) groups is 1. The summed E-state index contributed by atoms with van der Waals surface area (Å²) in [5.74, 6) is 0.852. The molecule has 2 aromatic rings. The highest BCUT2D eigenvalue weighted by Gasteiger charge is 2.43. The van der Waals surface area contributed by atoms with E-state index in [-0.39, 0.29) is 24.1 Å². The van der Waals surface area contributed by atoms with Crippen LogP contribution in [0, 0.1) is 0 Å². The first kappa shape index (κ1) is 18.6. The van der Waals surface area contributed by atoms with Crippen LogP contribution in [0.2, 0.25) is 10.0 Å². The minimum absolute atomic E-state index is 0.125. The van der Waals surface area contributed by atoms with E-state index < -0.39 is 0 Å². The van der Waals surface area contributed by atoms with E-state index in [0.717, 1.165) is 31.2 Å². The molecule has 1 amide bonds. The Bertz CT molecular complexity index is 781. The maximum Gasteiger partial charge on any atom is 0.223 e. The number of hydrogen-bond acceptors (Lipinski definition) is 3. The van der Waals surface area contributed by atoms with Crippen molar-refractivity contribution < 1.29 is 9.53 Å². The number of nitrogens with zero attached hydrogens (tertiary/aromatic N) is 2. The Morgan fingerprint density at radius 3 is 2.41 bits per heavy atom. The molecule has 0 spiro atoms. The number of hydrogen-bond donors (Lipinski definition) is 0. The zero-order valence-corrected chi connectivity index (χ0v) is 16.5. The third-order valence-corrected chi connectivity index (χ3v) is 6.26. The van der Waals surface area contributed by atoms with Gasteiger partial charge >= 0.3 is 0 Å². The topological polar surface area (TPSA) is 42.4 Å². The molecular weight excluding hydrogens is 383 g/mol. The number of halogens is 2. The van der Waals surface area contributed by atoms with Gasteiger partial charge in [-0.1, -0.05) is 35.3 Å². The maximum absolute atomic E-state index is 12.9. The number of ether oxygens (including phenoxy) is 1. The van der Waals surface area contributed by atoms with Crippen molar-refractivity contribution in [3.8, 4) is 5.88 Å². The fourth-order valence-electron chi connectivity index (χ4n) is 4.35. The molecule has 2 fully saturated rings. The molecule has 0 aliphatic carbocycles. The van der Waals surface area contributed by atoms with E-state index in [1.54, 1.807) is 6.20 Å². The van der Waals surface area contributed by atoms with Gasteiger partial charge < -0.3 is 9.64 Å². The molecule has 2 aliphatic rings. The van der Waals surface area contributed by atoms with Crippen molar-refractivity contribution in [2.75, 3.05) is 0 Å². The second-order valence-corrected chi connectivity index (χ2v) is 8.08. The second kappa shape index (κ2) is 8.07. The molecule has 2 saturated heterocycles. The highest BCUT2D eigenvalue weighted by atomic mass is 35.5. The summed E-state index contributed by atoms with van der Waals surface area (Å²) in [5.41, 5.74) is 0.856. The number of carbonyl (C=O) groups excluding carboxylic acids is 1. The molecule has 4 rings (SSSR count). The van der Waals surface area contributed by atoms with Crippen molar-refractivity contribution in [1.82, 2.24) is 9.88 Å². The molecule has 2 atom stereocenters. The van der Waals surface area contributed by atoms with Gasteiger partial charge in [-0.05, 0) is 43.0 Å². The molecule has 1 aromatic carbocycles. The zero-order chi connectivity index (χ0) is 18.8. The first-order valence-corrected chi connectivity index (χ1v) is 10.2. The molecule has 6 heteroatoms. The number of benzene rings is 1. The van der Waals surface area contributed by atoms with E-state index in [1.165, 1.54) is 0 Å². The summed E-state index contributed by atoms with van der Waals surface area (Å²) in [6.45, 7) is 0. The molecule has 2 bridgehead atoms. The molecule has 0 saturated carbocycles. The smallest absolute Gasteiger partial charge is 0.223 e. The number of piperidine rings is 1. The van der Waals surface area contributed by atoms with Crippen molar-refractivity contribution in [3.63, 3.8) is 0 Å². The molecule has 142 valence electrons. The van der Waals surface area contributed by atoms with Crippen LogP contribution in [-0.4, -0.2) is 34.0 Å². The Kier molecular flexibility index (Phi) is 5.55. The Balaban J connectivity index is 1.37. The summed E-state index contributed by atoms with van der Waals surface area (Å²) in [7, 11) is 0. The van der Waals surface area contributed by atoms with Crippen molar-refractivity contribution in [1.29, 1.82) is 0 Å². The van der Waals surface area contributed by atoms with Gasteiger partial charge in [0.15, 0.2) is 0 Å². The lowest BCUT2D eigenvalue weighted by atomic mass is 9.98. The monoisotopic (exact) mass is 404 g/mol. The lowest BCUT2D eigenvalue weighted by Gasteiger charge is -2.38. The quantitative estimate of drug-likeness (QED) is 0.709. The standard InChI is InChI=1S/C21H22Cl2N2O2/c22-18-4-3-5-19(23)17(18)9-10-21(26)25-14-7-8-15(25)13-16(12-14)27-20-6-1-2-11-24-20/h1-6,11,14-16H,7-10,12-13H2. The van der Waals surface area contributed by atoms with Gasteiger partial charge in [0, 0.05) is 53.7 Å². The number of aromatic nitrogens is 1. The number of pyridine rings is 1. The third-order valence-electron chi connectivity index (χ3n) is 5.55. The summed E-state index contributed by atoms with van der Waals surface area (Å²) in [5, 5.41) is 1.25. The fourth-order valence-corrected chi connectivity index (χ4v) is 4.94. The lowest BCUT2D eigenvalue weighted by Crippen LogP contribution is -2.49. The average molecular weight is 405 g/mol. The summed E-state index contributed by atoms with van der Waals surface area (Å²) in [6, 6.07) is 11.7. The minimum Gasteiger partial charge on any atom is -0.474 e. The number of rotatable bonds is 5. The summed E-state index contributed by atoms with van der Waals surface area (Å²) in [4.78, 5) is 19.2. The molecule has 0 radical (unpaired) electrons. The van der Waals surface area contributed by atoms with E-state index in [4.69, 9.17) is 27.9 Å². The van der Waals surface area contributed by atoms with Crippen LogP contribution in [0.3, 0.4) is 0 Å². The molecule has 4 nitrogen and oxygen atoms in total. The highest BCUT2D eigenvalue weighted by Crippen LogP contribution is 2.38. The minimum atomic E-state index is 0.125. The molecule has 2 unspecified atom stereocenters. The van der Waals surface area contributed by atoms with Crippen LogP contribution in [0.4, 0.5) is 0 Å². The summed E-state index contributed by atoms with van der Waals surface area (Å²) >= 11 is 12.5. The van der Waals surface area contributed by atoms with E-state index in [2.05, 4.69) is 9.88 Å². The first-order valence-electron chi connectivity index (χ1n) is 9.43. The molecule has 2 aliphatic heterocycles.